The van der Waals surface area contributed by atoms with Gasteiger partial charge in [-0.2, -0.15) is 0 Å². The van der Waals surface area contributed by atoms with Crippen LogP contribution in [-0.4, -0.2) is 76.5 Å². The van der Waals surface area contributed by atoms with E-state index >= 15 is 0 Å². The quantitative estimate of drug-likeness (QED) is 0.460. The van der Waals surface area contributed by atoms with Gasteiger partial charge in [-0.25, -0.2) is 15.0 Å². The monoisotopic (exact) mass is 472 g/mol. The molecular weight excluding hydrogens is 440 g/mol. The second kappa shape index (κ2) is 11.2. The van der Waals surface area contributed by atoms with Gasteiger partial charge in [-0.3, -0.25) is 14.6 Å². The maximum absolute atomic E-state index is 12.4. The van der Waals surface area contributed by atoms with E-state index in [-0.39, 0.29) is 5.91 Å². The Morgan fingerprint density at radius 1 is 0.829 bits per heavy atom. The maximum Gasteiger partial charge on any atom is 0.234 e. The fraction of sp³-hybridized carbons (Fsp3) is 0.385. The Labute approximate surface area is 206 Å². The van der Waals surface area contributed by atoms with Crippen molar-refractivity contribution in [3.05, 3.63) is 60.4 Å². The molecule has 0 saturated carbocycles. The SMILES string of the molecule is O=C1CN2CCCN(CC2)Cc2cccc(c2)Nc2nccc(n2)-c2ccc(nc2)NCCCN1. The lowest BCUT2D eigenvalue weighted by Crippen LogP contribution is -2.39. The number of aromatic nitrogens is 3. The van der Waals surface area contributed by atoms with Gasteiger partial charge in [0.25, 0.3) is 0 Å². The van der Waals surface area contributed by atoms with Crippen LogP contribution in [-0.2, 0) is 11.3 Å². The van der Waals surface area contributed by atoms with Gasteiger partial charge in [-0.1, -0.05) is 12.1 Å². The number of carbonyl (C=O) groups is 1. The zero-order valence-corrected chi connectivity index (χ0v) is 19.9. The molecule has 3 aliphatic rings. The van der Waals surface area contributed by atoms with E-state index < -0.39 is 0 Å². The predicted molar refractivity (Wildman–Crippen MR) is 137 cm³/mol. The molecule has 2 atom stereocenters. The Morgan fingerprint density at radius 2 is 1.69 bits per heavy atom. The summed E-state index contributed by atoms with van der Waals surface area (Å²) in [4.78, 5) is 30.8. The number of pyridine rings is 1. The Bertz CT molecular complexity index is 1140. The van der Waals surface area contributed by atoms with Gasteiger partial charge in [0.15, 0.2) is 0 Å². The van der Waals surface area contributed by atoms with E-state index in [1.165, 1.54) is 5.56 Å². The lowest BCUT2D eigenvalue weighted by atomic mass is 10.2. The van der Waals surface area contributed by atoms with Crippen molar-refractivity contribution in [3.63, 3.8) is 0 Å². The fourth-order valence-corrected chi connectivity index (χ4v) is 4.50. The van der Waals surface area contributed by atoms with Crippen LogP contribution in [0.5, 0.6) is 0 Å². The minimum atomic E-state index is 0.0981. The zero-order valence-electron chi connectivity index (χ0n) is 19.9. The number of benzene rings is 1. The standard InChI is InChI=1S/C26H32N8O/c35-25-19-34-13-3-12-33(14-15-34)18-20-4-1-5-22(16-20)31-26-29-11-8-23(32-26)21-6-7-24(30-17-21)27-9-2-10-28-25/h1,4-8,11,16-17H,2-3,9-10,12-15,18-19H2,(H,27,30)(H,28,35)(H,29,31,32). The highest BCUT2D eigenvalue weighted by Gasteiger charge is 2.17. The minimum absolute atomic E-state index is 0.0981. The number of carbonyl (C=O) groups excluding carboxylic acids is 1. The van der Waals surface area contributed by atoms with E-state index in [9.17, 15) is 4.79 Å². The van der Waals surface area contributed by atoms with Gasteiger partial charge in [0.1, 0.15) is 5.82 Å². The van der Waals surface area contributed by atoms with E-state index in [0.717, 1.165) is 74.9 Å². The molecule has 2 aromatic heterocycles. The van der Waals surface area contributed by atoms with E-state index in [1.54, 1.807) is 6.20 Å². The third-order valence-corrected chi connectivity index (χ3v) is 6.33. The topological polar surface area (TPSA) is 98.3 Å². The first-order valence-corrected chi connectivity index (χ1v) is 12.3. The number of hydrogen-bond acceptors (Lipinski definition) is 8. The highest BCUT2D eigenvalue weighted by Crippen LogP contribution is 2.21. The van der Waals surface area contributed by atoms with Crippen LogP contribution in [0.3, 0.4) is 0 Å². The molecule has 1 aromatic carbocycles. The molecule has 9 heteroatoms. The number of nitrogens with one attached hydrogen (secondary N) is 3. The highest BCUT2D eigenvalue weighted by atomic mass is 16.2. The first kappa shape index (κ1) is 23.2. The highest BCUT2D eigenvalue weighted by molar-refractivity contribution is 5.78. The molecule has 3 aromatic rings. The van der Waals surface area contributed by atoms with Crippen LogP contribution in [0.15, 0.2) is 54.9 Å². The second-order valence-corrected chi connectivity index (χ2v) is 9.06. The normalized spacial score (nSPS) is 21.3. The van der Waals surface area contributed by atoms with Crippen LogP contribution < -0.4 is 16.0 Å². The smallest absolute Gasteiger partial charge is 0.234 e. The molecule has 0 radical (unpaired) electrons. The first-order chi connectivity index (χ1) is 17.2. The van der Waals surface area contributed by atoms with Gasteiger partial charge >= 0.3 is 0 Å². The molecule has 6 rings (SSSR count). The van der Waals surface area contributed by atoms with E-state index in [4.69, 9.17) is 4.98 Å². The molecule has 3 N–H and O–H groups in total. The third-order valence-electron chi connectivity index (χ3n) is 6.33. The van der Waals surface area contributed by atoms with Crippen LogP contribution in [0, 0.1) is 0 Å². The molecule has 1 saturated heterocycles. The zero-order chi connectivity index (χ0) is 23.9. The number of fused-ring (bicyclic) bond motifs is 8. The van der Waals surface area contributed by atoms with Crippen LogP contribution >= 0.6 is 0 Å². The minimum Gasteiger partial charge on any atom is -0.370 e. The van der Waals surface area contributed by atoms with Crippen LogP contribution in [0.2, 0.25) is 0 Å². The fourth-order valence-electron chi connectivity index (χ4n) is 4.50. The molecule has 1 fully saturated rings. The van der Waals surface area contributed by atoms with E-state index in [2.05, 4.69) is 53.9 Å². The number of nitrogens with zero attached hydrogens (tertiary/aromatic N) is 5. The van der Waals surface area contributed by atoms with Gasteiger partial charge in [-0.15, -0.1) is 0 Å². The summed E-state index contributed by atoms with van der Waals surface area (Å²) in [6.45, 7) is 6.55. The van der Waals surface area contributed by atoms with Gasteiger partial charge < -0.3 is 16.0 Å². The molecule has 9 nitrogen and oxygen atoms in total. The molecule has 3 aliphatic heterocycles. The lowest BCUT2D eigenvalue weighted by molar-refractivity contribution is -0.122. The number of rotatable bonds is 0. The van der Waals surface area contributed by atoms with Gasteiger partial charge in [0, 0.05) is 56.4 Å². The molecule has 5 heterocycles. The predicted octanol–water partition coefficient (Wildman–Crippen LogP) is 2.72. The summed E-state index contributed by atoms with van der Waals surface area (Å²) in [7, 11) is 0. The van der Waals surface area contributed by atoms with E-state index in [0.29, 0.717) is 19.0 Å². The summed E-state index contributed by atoms with van der Waals surface area (Å²) in [6, 6.07) is 14.2. The number of hydrogen-bond donors (Lipinski definition) is 3. The molecule has 1 amide bonds. The van der Waals surface area contributed by atoms with Crippen molar-refractivity contribution in [2.24, 2.45) is 0 Å². The van der Waals surface area contributed by atoms with Crippen molar-refractivity contribution in [1.29, 1.82) is 0 Å². The molecule has 0 spiro atoms. The van der Waals surface area contributed by atoms with Crippen LogP contribution in [0.4, 0.5) is 17.5 Å². The summed E-state index contributed by atoms with van der Waals surface area (Å²) in [5.74, 6) is 1.46. The molecule has 2 unspecified atom stereocenters. The summed E-state index contributed by atoms with van der Waals surface area (Å²) >= 11 is 0. The average Bonchev–Trinajstić information content (AvgIpc) is 3.09. The Hall–Kier alpha value is -3.56. The van der Waals surface area contributed by atoms with Crippen molar-refractivity contribution in [1.82, 2.24) is 30.1 Å². The van der Waals surface area contributed by atoms with Crippen molar-refractivity contribution >= 4 is 23.4 Å². The van der Waals surface area contributed by atoms with Crippen molar-refractivity contribution < 1.29 is 4.79 Å². The maximum atomic E-state index is 12.4. The summed E-state index contributed by atoms with van der Waals surface area (Å²) in [6.07, 6.45) is 5.47. The van der Waals surface area contributed by atoms with Crippen molar-refractivity contribution in [3.8, 4) is 11.3 Å². The van der Waals surface area contributed by atoms with Crippen LogP contribution in [0.1, 0.15) is 18.4 Å². The second-order valence-electron chi connectivity index (χ2n) is 9.06. The number of anilines is 3. The Kier molecular flexibility index (Phi) is 7.45. The summed E-state index contributed by atoms with van der Waals surface area (Å²) in [5.41, 5.74) is 3.94. The summed E-state index contributed by atoms with van der Waals surface area (Å²) < 4.78 is 0. The Morgan fingerprint density at radius 3 is 2.54 bits per heavy atom. The van der Waals surface area contributed by atoms with Crippen molar-refractivity contribution in [2.45, 2.75) is 19.4 Å². The van der Waals surface area contributed by atoms with Crippen LogP contribution in [0.25, 0.3) is 11.3 Å². The summed E-state index contributed by atoms with van der Waals surface area (Å²) in [5, 5.41) is 9.73. The van der Waals surface area contributed by atoms with Gasteiger partial charge in [0.2, 0.25) is 11.9 Å². The first-order valence-electron chi connectivity index (χ1n) is 12.3. The largest absolute Gasteiger partial charge is 0.370 e. The van der Waals surface area contributed by atoms with E-state index in [1.807, 2.05) is 30.5 Å². The lowest BCUT2D eigenvalue weighted by Gasteiger charge is -2.22. The molecular formula is C26H32N8O. The number of amides is 1. The molecule has 35 heavy (non-hydrogen) atoms. The average molecular weight is 473 g/mol. The van der Waals surface area contributed by atoms with Gasteiger partial charge in [-0.05, 0) is 61.8 Å². The van der Waals surface area contributed by atoms with Crippen molar-refractivity contribution in [2.75, 3.05) is 56.4 Å². The third kappa shape index (κ3) is 6.52. The molecule has 8 bridgehead atoms. The Balaban J connectivity index is 1.36. The molecule has 182 valence electrons. The molecule has 0 aliphatic carbocycles. The van der Waals surface area contributed by atoms with Gasteiger partial charge in [0.05, 0.1) is 12.2 Å².